The van der Waals surface area contributed by atoms with Crippen molar-refractivity contribution in [1.82, 2.24) is 24.6 Å². The molecule has 3 heterocycles. The molecule has 0 bridgehead atoms. The van der Waals surface area contributed by atoms with E-state index in [1.54, 1.807) is 30.2 Å². The van der Waals surface area contributed by atoms with Gasteiger partial charge >= 0.3 is 0 Å². The van der Waals surface area contributed by atoms with Crippen molar-refractivity contribution in [3.8, 4) is 17.1 Å². The zero-order valence-electron chi connectivity index (χ0n) is 18.6. The Kier molecular flexibility index (Phi) is 6.55. The molecular weight excluding hydrogens is 437 g/mol. The van der Waals surface area contributed by atoms with Gasteiger partial charge in [0.05, 0.1) is 12.2 Å². The number of hydrogen-bond acceptors (Lipinski definition) is 6. The van der Waals surface area contributed by atoms with Gasteiger partial charge in [-0.25, -0.2) is 9.37 Å². The first-order chi connectivity index (χ1) is 16.2. The lowest BCUT2D eigenvalue weighted by molar-refractivity contribution is 0.214. The number of likely N-dealkylation sites (tertiary alicyclic amines) is 1. The van der Waals surface area contributed by atoms with E-state index in [1.807, 2.05) is 28.8 Å². The third-order valence-electron chi connectivity index (χ3n) is 5.80. The van der Waals surface area contributed by atoms with E-state index in [2.05, 4.69) is 27.0 Å². The van der Waals surface area contributed by atoms with Gasteiger partial charge in [-0.3, -0.25) is 9.47 Å². The summed E-state index contributed by atoms with van der Waals surface area (Å²) in [5, 5.41) is 9.72. The first-order valence-electron chi connectivity index (χ1n) is 11.2. The summed E-state index contributed by atoms with van der Waals surface area (Å²) >= 11 is 1.55. The molecule has 8 heteroatoms. The van der Waals surface area contributed by atoms with Crippen LogP contribution in [0.5, 0.6) is 0 Å². The maximum Gasteiger partial charge on any atom is 0.226 e. The van der Waals surface area contributed by atoms with E-state index in [0.29, 0.717) is 11.6 Å². The number of nitrogens with zero attached hydrogens (tertiary/aromatic N) is 5. The lowest BCUT2D eigenvalue weighted by Crippen LogP contribution is -2.30. The zero-order valence-corrected chi connectivity index (χ0v) is 19.4. The van der Waals surface area contributed by atoms with Crippen LogP contribution in [0.15, 0.2) is 64.4 Å². The standard InChI is InChI=1S/C25H26FN5OS/c1-18-5-7-19(8-6-18)24-27-21(16-32-24)17-33-25-29-28-23(15-30-13-3-2-4-14-30)31(25)22-11-9-20(26)10-12-22/h5-12,16H,2-4,13-15,17H2,1H3. The lowest BCUT2D eigenvalue weighted by atomic mass is 10.1. The second kappa shape index (κ2) is 9.89. The number of rotatable bonds is 7. The second-order valence-corrected chi connectivity index (χ2v) is 9.29. The fraction of sp³-hybridized carbons (Fsp3) is 0.320. The van der Waals surface area contributed by atoms with Crippen molar-refractivity contribution < 1.29 is 8.81 Å². The van der Waals surface area contributed by atoms with Crippen molar-refractivity contribution in [2.45, 2.75) is 43.6 Å². The third-order valence-corrected chi connectivity index (χ3v) is 6.76. The summed E-state index contributed by atoms with van der Waals surface area (Å²) in [4.78, 5) is 7.05. The quantitative estimate of drug-likeness (QED) is 0.330. The second-order valence-electron chi connectivity index (χ2n) is 8.35. The molecule has 33 heavy (non-hydrogen) atoms. The van der Waals surface area contributed by atoms with E-state index in [4.69, 9.17) is 4.42 Å². The maximum absolute atomic E-state index is 13.6. The predicted molar refractivity (Wildman–Crippen MR) is 127 cm³/mol. The molecule has 0 atom stereocenters. The molecule has 1 fully saturated rings. The minimum absolute atomic E-state index is 0.259. The molecule has 0 unspecified atom stereocenters. The summed E-state index contributed by atoms with van der Waals surface area (Å²) in [5.41, 5.74) is 3.84. The normalized spacial score (nSPS) is 14.6. The van der Waals surface area contributed by atoms with Gasteiger partial charge in [0.25, 0.3) is 0 Å². The Labute approximate surface area is 196 Å². The fourth-order valence-corrected chi connectivity index (χ4v) is 4.85. The smallest absolute Gasteiger partial charge is 0.226 e. The predicted octanol–water partition coefficient (Wildman–Crippen LogP) is 5.65. The minimum atomic E-state index is -0.259. The largest absolute Gasteiger partial charge is 0.444 e. The van der Waals surface area contributed by atoms with E-state index in [9.17, 15) is 4.39 Å². The Balaban J connectivity index is 1.36. The van der Waals surface area contributed by atoms with E-state index >= 15 is 0 Å². The molecule has 0 spiro atoms. The molecule has 6 nitrogen and oxygen atoms in total. The molecular formula is C25H26FN5OS. The SMILES string of the molecule is Cc1ccc(-c2nc(CSc3nnc(CN4CCCCC4)n3-c3ccc(F)cc3)co2)cc1. The average Bonchev–Trinajstić information content (AvgIpc) is 3.47. The van der Waals surface area contributed by atoms with Gasteiger partial charge in [-0.15, -0.1) is 10.2 Å². The van der Waals surface area contributed by atoms with Crippen LogP contribution in [-0.2, 0) is 12.3 Å². The molecule has 0 aliphatic carbocycles. The number of piperidine rings is 1. The van der Waals surface area contributed by atoms with Crippen molar-refractivity contribution >= 4 is 11.8 Å². The lowest BCUT2D eigenvalue weighted by Gasteiger charge is -2.26. The molecule has 0 saturated carbocycles. The van der Waals surface area contributed by atoms with Gasteiger partial charge in [-0.2, -0.15) is 0 Å². The van der Waals surface area contributed by atoms with Crippen molar-refractivity contribution in [2.24, 2.45) is 0 Å². The number of hydrogen-bond donors (Lipinski definition) is 0. The fourth-order valence-electron chi connectivity index (χ4n) is 4.00. The molecule has 0 radical (unpaired) electrons. The monoisotopic (exact) mass is 463 g/mol. The topological polar surface area (TPSA) is 60.0 Å². The molecule has 1 aliphatic rings. The van der Waals surface area contributed by atoms with E-state index in [0.717, 1.165) is 47.6 Å². The first-order valence-corrected chi connectivity index (χ1v) is 12.2. The van der Waals surface area contributed by atoms with Gasteiger partial charge in [0.15, 0.2) is 11.0 Å². The van der Waals surface area contributed by atoms with Crippen molar-refractivity contribution in [3.63, 3.8) is 0 Å². The molecule has 0 N–H and O–H groups in total. The van der Waals surface area contributed by atoms with Crippen LogP contribution in [0.1, 0.15) is 36.3 Å². The molecule has 0 amide bonds. The van der Waals surface area contributed by atoms with E-state index in [-0.39, 0.29) is 5.82 Å². The summed E-state index contributed by atoms with van der Waals surface area (Å²) < 4.78 is 21.3. The summed E-state index contributed by atoms with van der Waals surface area (Å²) in [6, 6.07) is 14.6. The number of aryl methyl sites for hydroxylation is 1. The van der Waals surface area contributed by atoms with Crippen LogP contribution in [0.2, 0.25) is 0 Å². The van der Waals surface area contributed by atoms with Crippen LogP contribution >= 0.6 is 11.8 Å². The van der Waals surface area contributed by atoms with Gasteiger partial charge in [-0.1, -0.05) is 35.9 Å². The summed E-state index contributed by atoms with van der Waals surface area (Å²) in [6.07, 6.45) is 5.39. The van der Waals surface area contributed by atoms with Gasteiger partial charge in [-0.05, 0) is 69.3 Å². The van der Waals surface area contributed by atoms with Gasteiger partial charge in [0.2, 0.25) is 5.89 Å². The molecule has 1 aliphatic heterocycles. The third kappa shape index (κ3) is 5.17. The highest BCUT2D eigenvalue weighted by atomic mass is 32.2. The summed E-state index contributed by atoms with van der Waals surface area (Å²) in [7, 11) is 0. The number of halogens is 1. The van der Waals surface area contributed by atoms with Crippen LogP contribution in [0.25, 0.3) is 17.1 Å². The molecule has 2 aromatic heterocycles. The first kappa shape index (κ1) is 21.9. The van der Waals surface area contributed by atoms with E-state index in [1.165, 1.54) is 37.0 Å². The van der Waals surface area contributed by atoms with Crippen molar-refractivity contribution in [3.05, 3.63) is 77.7 Å². The number of benzene rings is 2. The number of oxazole rings is 1. The van der Waals surface area contributed by atoms with Crippen LogP contribution in [-0.4, -0.2) is 37.7 Å². The van der Waals surface area contributed by atoms with Crippen LogP contribution in [0.3, 0.4) is 0 Å². The zero-order chi connectivity index (χ0) is 22.6. The molecule has 4 aromatic rings. The molecule has 2 aromatic carbocycles. The van der Waals surface area contributed by atoms with Crippen LogP contribution < -0.4 is 0 Å². The Morgan fingerprint density at radius 2 is 1.73 bits per heavy atom. The number of aromatic nitrogens is 4. The average molecular weight is 464 g/mol. The molecule has 5 rings (SSSR count). The number of thioether (sulfide) groups is 1. The maximum atomic E-state index is 13.6. The van der Waals surface area contributed by atoms with Crippen LogP contribution in [0.4, 0.5) is 4.39 Å². The highest BCUT2D eigenvalue weighted by Gasteiger charge is 2.19. The van der Waals surface area contributed by atoms with Crippen LogP contribution in [0, 0.1) is 12.7 Å². The van der Waals surface area contributed by atoms with Gasteiger partial charge in [0.1, 0.15) is 12.1 Å². The molecule has 170 valence electrons. The highest BCUT2D eigenvalue weighted by Crippen LogP contribution is 2.28. The Morgan fingerprint density at radius 1 is 0.970 bits per heavy atom. The van der Waals surface area contributed by atoms with E-state index < -0.39 is 0 Å². The Bertz CT molecular complexity index is 1200. The highest BCUT2D eigenvalue weighted by molar-refractivity contribution is 7.98. The minimum Gasteiger partial charge on any atom is -0.444 e. The van der Waals surface area contributed by atoms with Crippen molar-refractivity contribution in [2.75, 3.05) is 13.1 Å². The summed E-state index contributed by atoms with van der Waals surface area (Å²) in [6.45, 7) is 4.92. The Morgan fingerprint density at radius 3 is 2.48 bits per heavy atom. The van der Waals surface area contributed by atoms with Gasteiger partial charge < -0.3 is 4.42 Å². The van der Waals surface area contributed by atoms with Crippen molar-refractivity contribution in [1.29, 1.82) is 0 Å². The molecule has 1 saturated heterocycles. The van der Waals surface area contributed by atoms with Gasteiger partial charge in [0, 0.05) is 17.0 Å². The Hall–Kier alpha value is -2.97. The summed E-state index contributed by atoms with van der Waals surface area (Å²) in [5.74, 6) is 1.81.